The smallest absolute Gasteiger partial charge is 0.166 e. The number of benzene rings is 1. The van der Waals surface area contributed by atoms with Gasteiger partial charge in [0.05, 0.1) is 32.7 Å². The van der Waals surface area contributed by atoms with Gasteiger partial charge in [-0.15, -0.1) is 0 Å². The van der Waals surface area contributed by atoms with Gasteiger partial charge in [-0.25, -0.2) is 15.0 Å². The topological polar surface area (TPSA) is 110 Å². The molecule has 0 amide bonds. The van der Waals surface area contributed by atoms with Crippen molar-refractivity contribution in [1.29, 1.82) is 0 Å². The summed E-state index contributed by atoms with van der Waals surface area (Å²) < 4.78 is 19.9. The Morgan fingerprint density at radius 2 is 1.81 bits per heavy atom. The highest BCUT2D eigenvalue weighted by molar-refractivity contribution is 5.65. The van der Waals surface area contributed by atoms with Gasteiger partial charge >= 0.3 is 0 Å². The van der Waals surface area contributed by atoms with E-state index in [1.165, 1.54) is 12.8 Å². The van der Waals surface area contributed by atoms with Gasteiger partial charge in [0.2, 0.25) is 0 Å². The predicted octanol–water partition coefficient (Wildman–Crippen LogP) is 4.59. The maximum Gasteiger partial charge on any atom is 0.166 e. The maximum absolute atomic E-state index is 6.28. The van der Waals surface area contributed by atoms with Gasteiger partial charge in [-0.1, -0.05) is 6.07 Å². The number of hydrogen-bond acceptors (Lipinski definition) is 8. The molecule has 2 aliphatic heterocycles. The van der Waals surface area contributed by atoms with Crippen molar-refractivity contribution in [3.63, 3.8) is 0 Å². The monoisotopic (exact) mass is 488 g/mol. The van der Waals surface area contributed by atoms with Crippen LogP contribution in [0.4, 0.5) is 5.82 Å². The molecule has 1 aliphatic carbocycles. The number of ether oxygens (including phenoxy) is 3. The zero-order valence-electron chi connectivity index (χ0n) is 21.0. The van der Waals surface area contributed by atoms with Crippen molar-refractivity contribution in [2.45, 2.75) is 64.4 Å². The van der Waals surface area contributed by atoms with Crippen LogP contribution in [-0.2, 0) is 23.5 Å². The average Bonchev–Trinajstić information content (AvgIpc) is 3.57. The van der Waals surface area contributed by atoms with Gasteiger partial charge in [0, 0.05) is 12.4 Å². The van der Waals surface area contributed by atoms with Crippen LogP contribution in [0.2, 0.25) is 0 Å². The number of aromatic nitrogens is 5. The number of rotatable bonds is 9. The molecule has 9 nitrogen and oxygen atoms in total. The molecule has 36 heavy (non-hydrogen) atoms. The Balaban J connectivity index is 1.40. The van der Waals surface area contributed by atoms with Crippen molar-refractivity contribution in [2.75, 3.05) is 12.8 Å². The summed E-state index contributed by atoms with van der Waals surface area (Å²) in [5.41, 5.74) is 8.08. The Labute approximate surface area is 211 Å². The van der Waals surface area contributed by atoms with Crippen LogP contribution in [-0.4, -0.2) is 37.7 Å². The summed E-state index contributed by atoms with van der Waals surface area (Å²) in [5.74, 6) is 3.05. The van der Waals surface area contributed by atoms with Gasteiger partial charge < -0.3 is 24.5 Å². The fraction of sp³-hybridized carbons (Fsp3) is 0.407. The number of nitrogen functional groups attached to an aromatic ring is 1. The Morgan fingerprint density at radius 3 is 2.56 bits per heavy atom. The molecule has 188 valence electrons. The molecule has 0 spiro atoms. The Hall–Kier alpha value is -3.72. The third-order valence-corrected chi connectivity index (χ3v) is 6.56. The largest absolute Gasteiger partial charge is 0.493 e. The van der Waals surface area contributed by atoms with Gasteiger partial charge in [0.15, 0.2) is 34.7 Å². The molecule has 0 radical (unpaired) electrons. The minimum atomic E-state index is -0.727. The molecule has 3 aliphatic rings. The zero-order chi connectivity index (χ0) is 25.1. The lowest BCUT2D eigenvalue weighted by atomic mass is 10.1. The standard InChI is InChI=1S/C27H32N6O3/c1-27(2,35-16-18-10-12-29-13-11-18)26-31-23-24(28)30-17-33(25(23)32-26)15-19-8-9-21(34-3)22(14-19)36-20-6-4-5-7-20/h8-14,17,20H,4-7,15-16,28H2,1-3H3. The molecule has 3 heterocycles. The number of fused-ring (bicyclic) bond motifs is 1. The molecule has 9 heteroatoms. The number of methoxy groups -OCH3 is 1. The van der Waals surface area contributed by atoms with Crippen molar-refractivity contribution in [1.82, 2.24) is 24.5 Å². The number of pyridine rings is 1. The van der Waals surface area contributed by atoms with Crippen LogP contribution in [0.25, 0.3) is 11.5 Å². The molecule has 2 N–H and O–H groups in total. The van der Waals surface area contributed by atoms with E-state index < -0.39 is 5.60 Å². The highest BCUT2D eigenvalue weighted by atomic mass is 16.5. The van der Waals surface area contributed by atoms with Crippen molar-refractivity contribution in [3.05, 3.63) is 66.0 Å². The van der Waals surface area contributed by atoms with Crippen LogP contribution in [0.5, 0.6) is 11.5 Å². The van der Waals surface area contributed by atoms with Gasteiger partial charge in [-0.2, -0.15) is 0 Å². The lowest BCUT2D eigenvalue weighted by Gasteiger charge is -2.22. The number of anilines is 1. The second-order valence-electron chi connectivity index (χ2n) is 9.64. The summed E-state index contributed by atoms with van der Waals surface area (Å²) in [4.78, 5) is 18.0. The molecule has 1 saturated carbocycles. The van der Waals surface area contributed by atoms with Crippen LogP contribution >= 0.6 is 0 Å². The van der Waals surface area contributed by atoms with Crippen LogP contribution in [0.3, 0.4) is 0 Å². The molecule has 0 unspecified atom stereocenters. The van der Waals surface area contributed by atoms with E-state index in [9.17, 15) is 0 Å². The van der Waals surface area contributed by atoms with Crippen LogP contribution in [0.15, 0.2) is 49.1 Å². The Morgan fingerprint density at radius 1 is 1.03 bits per heavy atom. The first-order chi connectivity index (χ1) is 17.4. The van der Waals surface area contributed by atoms with Crippen LogP contribution < -0.4 is 15.2 Å². The molecule has 5 rings (SSSR count). The molecular formula is C27H32N6O3. The summed E-state index contributed by atoms with van der Waals surface area (Å²) in [6, 6.07) is 9.85. The van der Waals surface area contributed by atoms with Crippen LogP contribution in [0.1, 0.15) is 56.5 Å². The average molecular weight is 489 g/mol. The van der Waals surface area contributed by atoms with Gasteiger partial charge in [0.1, 0.15) is 5.60 Å². The Bertz CT molecular complexity index is 1280. The first kappa shape index (κ1) is 24.0. The molecule has 0 atom stereocenters. The molecule has 1 aromatic heterocycles. The lowest BCUT2D eigenvalue weighted by molar-refractivity contribution is -0.0393. The fourth-order valence-electron chi connectivity index (χ4n) is 4.44. The van der Waals surface area contributed by atoms with E-state index in [1.54, 1.807) is 25.8 Å². The highest BCUT2D eigenvalue weighted by Crippen LogP contribution is 2.34. The number of nitrogens with zero attached hydrogens (tertiary/aromatic N) is 5. The second kappa shape index (κ2) is 10.1. The maximum atomic E-state index is 6.28. The summed E-state index contributed by atoms with van der Waals surface area (Å²) in [6.45, 7) is 4.86. The molecule has 0 bridgehead atoms. The molecular weight excluding hydrogens is 456 g/mol. The van der Waals surface area contributed by atoms with Gasteiger partial charge in [0.25, 0.3) is 0 Å². The van der Waals surface area contributed by atoms with Crippen molar-refractivity contribution >= 4 is 5.82 Å². The van der Waals surface area contributed by atoms with E-state index in [-0.39, 0.29) is 6.10 Å². The van der Waals surface area contributed by atoms with Crippen molar-refractivity contribution in [3.8, 4) is 23.0 Å². The van der Waals surface area contributed by atoms with E-state index in [1.807, 2.05) is 48.7 Å². The van der Waals surface area contributed by atoms with E-state index >= 15 is 0 Å². The third kappa shape index (κ3) is 5.11. The molecule has 1 aromatic carbocycles. The highest BCUT2D eigenvalue weighted by Gasteiger charge is 2.30. The summed E-state index contributed by atoms with van der Waals surface area (Å²) in [7, 11) is 1.66. The van der Waals surface area contributed by atoms with Crippen molar-refractivity contribution in [2.24, 2.45) is 0 Å². The quantitative estimate of drug-likeness (QED) is 0.364. The molecule has 1 fully saturated rings. The number of imidazole rings is 1. The SMILES string of the molecule is COc1ccc(Cn2cnc(N)c3nc(C(C)(C)OCc4ccncc4)nc2-3)cc1OC1CCCC1. The van der Waals surface area contributed by atoms with E-state index in [0.29, 0.717) is 36.3 Å². The van der Waals surface area contributed by atoms with Crippen molar-refractivity contribution < 1.29 is 14.2 Å². The number of nitrogens with two attached hydrogens (primary N) is 1. The zero-order valence-corrected chi connectivity index (χ0v) is 21.0. The lowest BCUT2D eigenvalue weighted by Crippen LogP contribution is -2.23. The minimum absolute atomic E-state index is 0.240. The van der Waals surface area contributed by atoms with Gasteiger partial charge in [-0.3, -0.25) is 4.98 Å². The van der Waals surface area contributed by atoms with Crippen LogP contribution in [0, 0.1) is 0 Å². The minimum Gasteiger partial charge on any atom is -0.493 e. The van der Waals surface area contributed by atoms with Gasteiger partial charge in [-0.05, 0) is 74.9 Å². The van der Waals surface area contributed by atoms with E-state index in [0.717, 1.165) is 35.5 Å². The normalized spacial score (nSPS) is 14.4. The molecule has 2 aromatic rings. The first-order valence-corrected chi connectivity index (χ1v) is 12.3. The summed E-state index contributed by atoms with van der Waals surface area (Å²) >= 11 is 0. The fourth-order valence-corrected chi connectivity index (χ4v) is 4.44. The second-order valence-corrected chi connectivity index (χ2v) is 9.64. The van der Waals surface area contributed by atoms with E-state index in [2.05, 4.69) is 9.97 Å². The van der Waals surface area contributed by atoms with E-state index in [4.69, 9.17) is 29.9 Å². The Kier molecular flexibility index (Phi) is 6.73. The summed E-state index contributed by atoms with van der Waals surface area (Å²) in [6.07, 6.45) is 10.0. The first-order valence-electron chi connectivity index (χ1n) is 12.3. The predicted molar refractivity (Wildman–Crippen MR) is 136 cm³/mol. The third-order valence-electron chi connectivity index (χ3n) is 6.56. The molecule has 0 saturated heterocycles. The summed E-state index contributed by atoms with van der Waals surface area (Å²) in [5, 5.41) is 0. The number of hydrogen-bond donors (Lipinski definition) is 1.